The number of nitrogens with zero attached hydrogens (tertiary/aromatic N) is 1. The van der Waals surface area contributed by atoms with Crippen molar-refractivity contribution in [3.8, 4) is 11.5 Å². The average molecular weight is 421 g/mol. The fraction of sp³-hybridized carbons (Fsp3) is 0.381. The van der Waals surface area contributed by atoms with Gasteiger partial charge >= 0.3 is 0 Å². The highest BCUT2D eigenvalue weighted by molar-refractivity contribution is 7.92. The second kappa shape index (κ2) is 9.65. The Hall–Kier alpha value is -2.74. The number of methoxy groups -OCH3 is 1. The zero-order chi connectivity index (χ0) is 21.6. The minimum absolute atomic E-state index is 0.250. The SMILES string of the molecule is COc1ccc(OCCNC(=O)[C@@H](C)N(c2cc(C)cc(C)c2)S(C)(=O)=O)cc1. The van der Waals surface area contributed by atoms with Crippen molar-refractivity contribution in [3.63, 3.8) is 0 Å². The normalized spacial score (nSPS) is 12.2. The first kappa shape index (κ1) is 22.5. The Morgan fingerprint density at radius 3 is 2.14 bits per heavy atom. The molecule has 158 valence electrons. The van der Waals surface area contributed by atoms with E-state index in [2.05, 4.69) is 5.32 Å². The zero-order valence-electron chi connectivity index (χ0n) is 17.4. The van der Waals surface area contributed by atoms with Crippen LogP contribution in [0.25, 0.3) is 0 Å². The summed E-state index contributed by atoms with van der Waals surface area (Å²) in [5, 5.41) is 2.73. The van der Waals surface area contributed by atoms with E-state index in [0.717, 1.165) is 27.4 Å². The number of aryl methyl sites for hydroxylation is 2. The van der Waals surface area contributed by atoms with Gasteiger partial charge in [0.15, 0.2) is 0 Å². The summed E-state index contributed by atoms with van der Waals surface area (Å²) in [7, 11) is -2.06. The van der Waals surface area contributed by atoms with Crippen molar-refractivity contribution in [3.05, 3.63) is 53.6 Å². The molecule has 0 fully saturated rings. The molecule has 1 N–H and O–H groups in total. The van der Waals surface area contributed by atoms with Crippen LogP contribution >= 0.6 is 0 Å². The van der Waals surface area contributed by atoms with Crippen molar-refractivity contribution < 1.29 is 22.7 Å². The number of hydrogen-bond acceptors (Lipinski definition) is 5. The molecule has 2 aromatic rings. The summed E-state index contributed by atoms with van der Waals surface area (Å²) >= 11 is 0. The summed E-state index contributed by atoms with van der Waals surface area (Å²) < 4.78 is 36.6. The number of rotatable bonds is 9. The van der Waals surface area contributed by atoms with Crippen LogP contribution in [0.15, 0.2) is 42.5 Å². The fourth-order valence-electron chi connectivity index (χ4n) is 3.05. The maximum absolute atomic E-state index is 12.6. The summed E-state index contributed by atoms with van der Waals surface area (Å²) in [6.07, 6.45) is 1.10. The van der Waals surface area contributed by atoms with E-state index in [-0.39, 0.29) is 13.2 Å². The maximum Gasteiger partial charge on any atom is 0.243 e. The maximum atomic E-state index is 12.6. The van der Waals surface area contributed by atoms with E-state index in [4.69, 9.17) is 9.47 Å². The quantitative estimate of drug-likeness (QED) is 0.631. The lowest BCUT2D eigenvalue weighted by molar-refractivity contribution is -0.121. The average Bonchev–Trinajstić information content (AvgIpc) is 2.63. The topological polar surface area (TPSA) is 84.9 Å². The van der Waals surface area contributed by atoms with Gasteiger partial charge in [0.2, 0.25) is 15.9 Å². The lowest BCUT2D eigenvalue weighted by atomic mass is 10.1. The number of ether oxygens (including phenoxy) is 2. The highest BCUT2D eigenvalue weighted by Gasteiger charge is 2.29. The third kappa shape index (κ3) is 6.39. The van der Waals surface area contributed by atoms with Crippen molar-refractivity contribution in [2.24, 2.45) is 0 Å². The van der Waals surface area contributed by atoms with E-state index < -0.39 is 22.0 Å². The Morgan fingerprint density at radius 2 is 1.62 bits per heavy atom. The Morgan fingerprint density at radius 1 is 1.07 bits per heavy atom. The van der Waals surface area contributed by atoms with Gasteiger partial charge < -0.3 is 14.8 Å². The molecule has 0 saturated carbocycles. The molecule has 1 atom stereocenters. The Bertz CT molecular complexity index is 922. The second-order valence-corrected chi connectivity index (χ2v) is 8.76. The van der Waals surface area contributed by atoms with Gasteiger partial charge in [-0.2, -0.15) is 0 Å². The van der Waals surface area contributed by atoms with Crippen LogP contribution in [0.5, 0.6) is 11.5 Å². The molecule has 29 heavy (non-hydrogen) atoms. The van der Waals surface area contributed by atoms with Gasteiger partial charge in [0.25, 0.3) is 0 Å². The minimum Gasteiger partial charge on any atom is -0.497 e. The first-order valence-electron chi connectivity index (χ1n) is 9.24. The van der Waals surface area contributed by atoms with Gasteiger partial charge in [-0.3, -0.25) is 9.10 Å². The summed E-state index contributed by atoms with van der Waals surface area (Å²) in [6, 6.07) is 11.7. The first-order chi connectivity index (χ1) is 13.6. The van der Waals surface area contributed by atoms with Crippen LogP contribution in [-0.4, -0.2) is 46.9 Å². The smallest absolute Gasteiger partial charge is 0.243 e. The number of carbonyl (C=O) groups is 1. The fourth-order valence-corrected chi connectivity index (χ4v) is 4.21. The van der Waals surface area contributed by atoms with Crippen LogP contribution in [0.3, 0.4) is 0 Å². The number of benzene rings is 2. The predicted octanol–water partition coefficient (Wildman–Crippen LogP) is 2.66. The summed E-state index contributed by atoms with van der Waals surface area (Å²) in [4.78, 5) is 12.6. The molecule has 2 aromatic carbocycles. The van der Waals surface area contributed by atoms with Crippen LogP contribution in [0.2, 0.25) is 0 Å². The molecule has 7 nitrogen and oxygen atoms in total. The van der Waals surface area contributed by atoms with Crippen LogP contribution < -0.4 is 19.1 Å². The molecule has 2 rings (SSSR count). The van der Waals surface area contributed by atoms with Crippen molar-refractivity contribution in [1.82, 2.24) is 5.32 Å². The van der Waals surface area contributed by atoms with Gasteiger partial charge in [0.05, 0.1) is 25.6 Å². The lowest BCUT2D eigenvalue weighted by Gasteiger charge is -2.28. The van der Waals surface area contributed by atoms with E-state index in [0.29, 0.717) is 11.4 Å². The van der Waals surface area contributed by atoms with Gasteiger partial charge in [-0.1, -0.05) is 6.07 Å². The summed E-state index contributed by atoms with van der Waals surface area (Å²) in [5.41, 5.74) is 2.32. The number of anilines is 1. The molecule has 1 amide bonds. The summed E-state index contributed by atoms with van der Waals surface area (Å²) in [6.45, 7) is 5.85. The molecule has 0 bridgehead atoms. The Labute approximate surface area is 172 Å². The molecule has 0 aliphatic carbocycles. The number of nitrogens with one attached hydrogen (secondary N) is 1. The molecule has 0 aliphatic rings. The highest BCUT2D eigenvalue weighted by atomic mass is 32.2. The third-order valence-corrected chi connectivity index (χ3v) is 5.52. The van der Waals surface area contributed by atoms with Crippen LogP contribution in [0.4, 0.5) is 5.69 Å². The molecule has 0 saturated heterocycles. The van der Waals surface area contributed by atoms with Crippen molar-refractivity contribution >= 4 is 21.6 Å². The predicted molar refractivity (Wildman–Crippen MR) is 114 cm³/mol. The van der Waals surface area contributed by atoms with Crippen LogP contribution in [0.1, 0.15) is 18.1 Å². The van der Waals surface area contributed by atoms with Gasteiger partial charge in [0, 0.05) is 0 Å². The molecule has 0 radical (unpaired) electrons. The molecule has 0 heterocycles. The third-order valence-electron chi connectivity index (χ3n) is 4.28. The highest BCUT2D eigenvalue weighted by Crippen LogP contribution is 2.24. The molecular weight excluding hydrogens is 392 g/mol. The number of hydrogen-bond donors (Lipinski definition) is 1. The van der Waals surface area contributed by atoms with Crippen molar-refractivity contribution in [2.45, 2.75) is 26.8 Å². The van der Waals surface area contributed by atoms with Gasteiger partial charge in [-0.05, 0) is 68.3 Å². The van der Waals surface area contributed by atoms with Gasteiger partial charge in [-0.25, -0.2) is 8.42 Å². The van der Waals surface area contributed by atoms with Crippen LogP contribution in [-0.2, 0) is 14.8 Å². The first-order valence-corrected chi connectivity index (χ1v) is 11.1. The Balaban J connectivity index is 1.99. The van der Waals surface area contributed by atoms with E-state index in [1.54, 1.807) is 50.4 Å². The number of sulfonamides is 1. The molecule has 0 unspecified atom stereocenters. The zero-order valence-corrected chi connectivity index (χ0v) is 18.2. The van der Waals surface area contributed by atoms with Gasteiger partial charge in [-0.15, -0.1) is 0 Å². The monoisotopic (exact) mass is 420 g/mol. The number of carbonyl (C=O) groups excluding carboxylic acids is 1. The minimum atomic E-state index is -3.65. The van der Waals surface area contributed by atoms with Gasteiger partial charge in [0.1, 0.15) is 24.1 Å². The van der Waals surface area contributed by atoms with E-state index >= 15 is 0 Å². The molecule has 0 aliphatic heterocycles. The molecular formula is C21H28N2O5S. The van der Waals surface area contributed by atoms with Crippen molar-refractivity contribution in [2.75, 3.05) is 30.8 Å². The largest absolute Gasteiger partial charge is 0.497 e. The number of amides is 1. The molecule has 0 aromatic heterocycles. The second-order valence-electron chi connectivity index (χ2n) is 6.90. The summed E-state index contributed by atoms with van der Waals surface area (Å²) in [5.74, 6) is 0.987. The van der Waals surface area contributed by atoms with E-state index in [9.17, 15) is 13.2 Å². The Kier molecular flexibility index (Phi) is 7.50. The molecule has 0 spiro atoms. The lowest BCUT2D eigenvalue weighted by Crippen LogP contribution is -2.48. The standard InChI is InChI=1S/C21H28N2O5S/c1-15-12-16(2)14-18(13-15)23(29(5,25)26)17(3)21(24)22-10-11-28-20-8-6-19(27-4)7-9-20/h6-9,12-14,17H,10-11H2,1-5H3,(H,22,24)/t17-/m1/s1. The van der Waals surface area contributed by atoms with E-state index in [1.807, 2.05) is 19.9 Å². The van der Waals surface area contributed by atoms with Crippen LogP contribution in [0, 0.1) is 13.8 Å². The molecule has 8 heteroatoms. The van der Waals surface area contributed by atoms with Crippen molar-refractivity contribution in [1.29, 1.82) is 0 Å². The van der Waals surface area contributed by atoms with E-state index in [1.165, 1.54) is 0 Å².